The number of benzene rings is 2. The van der Waals surface area contributed by atoms with Crippen LogP contribution in [0.3, 0.4) is 0 Å². The van der Waals surface area contributed by atoms with Gasteiger partial charge in [0.1, 0.15) is 5.75 Å². The maximum absolute atomic E-state index is 6.28. The van der Waals surface area contributed by atoms with Gasteiger partial charge in [-0.2, -0.15) is 0 Å². The second-order valence-corrected chi connectivity index (χ2v) is 9.34. The summed E-state index contributed by atoms with van der Waals surface area (Å²) < 4.78 is 6.28. The maximum Gasteiger partial charge on any atom is 0.123 e. The van der Waals surface area contributed by atoms with E-state index in [0.29, 0.717) is 11.3 Å². The Bertz CT molecular complexity index is 575. The third-order valence-corrected chi connectivity index (χ3v) is 6.09. The van der Waals surface area contributed by atoms with E-state index in [1.54, 1.807) is 0 Å². The van der Waals surface area contributed by atoms with Crippen molar-refractivity contribution in [3.05, 3.63) is 65.7 Å². The number of hydrogen-bond donors (Lipinski definition) is 1. The van der Waals surface area contributed by atoms with Gasteiger partial charge in [0.05, 0.1) is 8.15 Å². The summed E-state index contributed by atoms with van der Waals surface area (Å²) in [7, 11) is -0.437. The fourth-order valence-corrected chi connectivity index (χ4v) is 4.56. The smallest absolute Gasteiger partial charge is 0.123 e. The molecule has 23 heavy (non-hydrogen) atoms. The molecule has 3 heteroatoms. The van der Waals surface area contributed by atoms with Crippen LogP contribution in [0.4, 0.5) is 0 Å². The third-order valence-electron chi connectivity index (χ3n) is 3.63. The SMILES string of the molecule is CC(C)P(Oc1cccc(CNCc2ccccc2)c1)C(C)C. The van der Waals surface area contributed by atoms with E-state index in [9.17, 15) is 0 Å². The number of rotatable bonds is 8. The molecular formula is C20H28NOP. The highest BCUT2D eigenvalue weighted by molar-refractivity contribution is 7.54. The average molecular weight is 329 g/mol. The van der Waals surface area contributed by atoms with Crippen molar-refractivity contribution < 1.29 is 4.52 Å². The Hall–Kier alpha value is -1.37. The molecule has 0 fully saturated rings. The second kappa shape index (κ2) is 9.05. The summed E-state index contributed by atoms with van der Waals surface area (Å²) in [6, 6.07) is 19.0. The Morgan fingerprint density at radius 1 is 0.826 bits per heavy atom. The van der Waals surface area contributed by atoms with Crippen LogP contribution in [0.2, 0.25) is 0 Å². The fraction of sp³-hybridized carbons (Fsp3) is 0.400. The van der Waals surface area contributed by atoms with Crippen molar-refractivity contribution in [1.29, 1.82) is 0 Å². The van der Waals surface area contributed by atoms with Crippen LogP contribution in [0.1, 0.15) is 38.8 Å². The van der Waals surface area contributed by atoms with Gasteiger partial charge in [0.25, 0.3) is 0 Å². The molecule has 0 aromatic heterocycles. The zero-order chi connectivity index (χ0) is 16.7. The normalized spacial score (nSPS) is 11.4. The zero-order valence-electron chi connectivity index (χ0n) is 14.6. The first-order chi connectivity index (χ1) is 11.1. The predicted octanol–water partition coefficient (Wildman–Crippen LogP) is 5.57. The van der Waals surface area contributed by atoms with E-state index in [2.05, 4.69) is 81.5 Å². The molecule has 0 amide bonds. The molecule has 0 saturated carbocycles. The molecule has 0 bridgehead atoms. The maximum atomic E-state index is 6.28. The summed E-state index contributed by atoms with van der Waals surface area (Å²) in [4.78, 5) is 0. The summed E-state index contributed by atoms with van der Waals surface area (Å²) in [5.74, 6) is 0.998. The third kappa shape index (κ3) is 5.97. The van der Waals surface area contributed by atoms with E-state index in [1.165, 1.54) is 11.1 Å². The van der Waals surface area contributed by atoms with Gasteiger partial charge in [-0.1, -0.05) is 70.2 Å². The van der Waals surface area contributed by atoms with Crippen molar-refractivity contribution in [3.63, 3.8) is 0 Å². The highest BCUT2D eigenvalue weighted by atomic mass is 31.1. The fourth-order valence-electron chi connectivity index (χ4n) is 2.59. The molecule has 124 valence electrons. The average Bonchev–Trinajstić information content (AvgIpc) is 2.53. The van der Waals surface area contributed by atoms with Gasteiger partial charge in [-0.3, -0.25) is 0 Å². The van der Waals surface area contributed by atoms with Crippen LogP contribution in [0.5, 0.6) is 5.75 Å². The Morgan fingerprint density at radius 3 is 2.09 bits per heavy atom. The molecule has 2 rings (SSSR count). The van der Waals surface area contributed by atoms with E-state index in [1.807, 2.05) is 6.07 Å². The van der Waals surface area contributed by atoms with Crippen molar-refractivity contribution in [1.82, 2.24) is 5.32 Å². The largest absolute Gasteiger partial charge is 0.474 e. The van der Waals surface area contributed by atoms with Gasteiger partial charge in [-0.25, -0.2) is 0 Å². The van der Waals surface area contributed by atoms with Gasteiger partial charge in [-0.15, -0.1) is 0 Å². The minimum atomic E-state index is -0.437. The lowest BCUT2D eigenvalue weighted by atomic mass is 10.2. The van der Waals surface area contributed by atoms with Crippen LogP contribution in [0, 0.1) is 0 Å². The lowest BCUT2D eigenvalue weighted by molar-refractivity contribution is 0.590. The first kappa shape index (κ1) is 18.0. The van der Waals surface area contributed by atoms with E-state index >= 15 is 0 Å². The van der Waals surface area contributed by atoms with Crippen LogP contribution < -0.4 is 9.84 Å². The van der Waals surface area contributed by atoms with Gasteiger partial charge < -0.3 is 9.84 Å². The standard InChI is InChI=1S/C20H28NOP/c1-16(2)23(17(3)4)22-20-12-8-11-19(13-20)15-21-14-18-9-6-5-7-10-18/h5-13,16-17,21H,14-15H2,1-4H3. The minimum absolute atomic E-state index is 0.437. The molecule has 1 N–H and O–H groups in total. The van der Waals surface area contributed by atoms with E-state index in [0.717, 1.165) is 18.8 Å². The number of hydrogen-bond acceptors (Lipinski definition) is 2. The zero-order valence-corrected chi connectivity index (χ0v) is 15.5. The van der Waals surface area contributed by atoms with Crippen molar-refractivity contribution in [2.24, 2.45) is 0 Å². The molecule has 0 aliphatic rings. The Labute approximate surface area is 142 Å². The van der Waals surface area contributed by atoms with Gasteiger partial charge in [-0.05, 0) is 23.3 Å². The molecule has 0 saturated heterocycles. The summed E-state index contributed by atoms with van der Waals surface area (Å²) in [6.07, 6.45) is 0. The highest BCUT2D eigenvalue weighted by Gasteiger charge is 2.19. The molecule has 0 aliphatic carbocycles. The highest BCUT2D eigenvalue weighted by Crippen LogP contribution is 2.47. The van der Waals surface area contributed by atoms with Crippen molar-refractivity contribution >= 4 is 8.15 Å². The monoisotopic (exact) mass is 329 g/mol. The molecule has 0 spiro atoms. The van der Waals surface area contributed by atoms with Crippen molar-refractivity contribution in [2.75, 3.05) is 0 Å². The summed E-state index contributed by atoms with van der Waals surface area (Å²) >= 11 is 0. The van der Waals surface area contributed by atoms with Crippen LogP contribution >= 0.6 is 8.15 Å². The van der Waals surface area contributed by atoms with Crippen LogP contribution in [0.25, 0.3) is 0 Å². The Balaban J connectivity index is 1.91. The lowest BCUT2D eigenvalue weighted by Crippen LogP contribution is -2.12. The predicted molar refractivity (Wildman–Crippen MR) is 101 cm³/mol. The quantitative estimate of drug-likeness (QED) is 0.639. The number of nitrogens with one attached hydrogen (secondary N) is 1. The van der Waals surface area contributed by atoms with E-state index < -0.39 is 8.15 Å². The second-order valence-electron chi connectivity index (χ2n) is 6.38. The van der Waals surface area contributed by atoms with Crippen LogP contribution in [-0.4, -0.2) is 11.3 Å². The molecule has 2 nitrogen and oxygen atoms in total. The van der Waals surface area contributed by atoms with Crippen LogP contribution in [0.15, 0.2) is 54.6 Å². The molecule has 2 aromatic rings. The van der Waals surface area contributed by atoms with Gasteiger partial charge in [0.15, 0.2) is 0 Å². The minimum Gasteiger partial charge on any atom is -0.474 e. The topological polar surface area (TPSA) is 21.3 Å². The van der Waals surface area contributed by atoms with E-state index in [4.69, 9.17) is 4.52 Å². The molecule has 0 aliphatic heterocycles. The molecular weight excluding hydrogens is 301 g/mol. The van der Waals surface area contributed by atoms with Crippen LogP contribution in [-0.2, 0) is 13.1 Å². The summed E-state index contributed by atoms with van der Waals surface area (Å²) in [5, 5.41) is 3.49. The van der Waals surface area contributed by atoms with E-state index in [-0.39, 0.29) is 0 Å². The first-order valence-electron chi connectivity index (χ1n) is 8.36. The Kier molecular flexibility index (Phi) is 7.08. The van der Waals surface area contributed by atoms with Gasteiger partial charge in [0.2, 0.25) is 0 Å². The molecule has 0 atom stereocenters. The van der Waals surface area contributed by atoms with Crippen molar-refractivity contribution in [3.8, 4) is 5.75 Å². The lowest BCUT2D eigenvalue weighted by Gasteiger charge is -2.25. The van der Waals surface area contributed by atoms with Gasteiger partial charge >= 0.3 is 0 Å². The summed E-state index contributed by atoms with van der Waals surface area (Å²) in [5.41, 5.74) is 3.72. The molecule has 0 radical (unpaired) electrons. The Morgan fingerprint density at radius 2 is 1.43 bits per heavy atom. The van der Waals surface area contributed by atoms with Crippen molar-refractivity contribution in [2.45, 2.75) is 52.1 Å². The van der Waals surface area contributed by atoms with Gasteiger partial charge in [0, 0.05) is 24.4 Å². The summed E-state index contributed by atoms with van der Waals surface area (Å²) in [6.45, 7) is 10.7. The molecule has 0 heterocycles. The first-order valence-corrected chi connectivity index (χ1v) is 9.76. The molecule has 0 unspecified atom stereocenters. The molecule has 2 aromatic carbocycles.